The summed E-state index contributed by atoms with van der Waals surface area (Å²) in [6.45, 7) is 1.37. The van der Waals surface area contributed by atoms with Crippen molar-refractivity contribution in [3.63, 3.8) is 0 Å². The molecule has 0 unspecified atom stereocenters. The quantitative estimate of drug-likeness (QED) is 0.330. The van der Waals surface area contributed by atoms with E-state index in [4.69, 9.17) is 12.2 Å². The minimum absolute atomic E-state index is 0. The summed E-state index contributed by atoms with van der Waals surface area (Å²) in [6, 6.07) is 3.84. The van der Waals surface area contributed by atoms with Crippen molar-refractivity contribution >= 4 is 17.9 Å². The number of phenols is 1. The largest absolute Gasteiger partial charge is 0.526 e. The summed E-state index contributed by atoms with van der Waals surface area (Å²) in [5, 5.41) is 21.0. The van der Waals surface area contributed by atoms with Crippen LogP contribution in [-0.2, 0) is 45.9 Å². The van der Waals surface area contributed by atoms with Gasteiger partial charge in [0.25, 0.3) is 5.56 Å². The number of halogens is 3. The molecule has 1 aromatic heterocycles. The number of hydrogen-bond acceptors (Lipinski definition) is 5. The fourth-order valence-electron chi connectivity index (χ4n) is 2.06. The van der Waals surface area contributed by atoms with Gasteiger partial charge in [-0.05, 0) is 12.2 Å². The molecule has 1 heterocycles. The number of rotatable bonds is 2. The molecule has 1 radical (unpaired) electrons. The van der Waals surface area contributed by atoms with Gasteiger partial charge in [0, 0.05) is 56.4 Å². The van der Waals surface area contributed by atoms with Crippen molar-refractivity contribution in [2.75, 3.05) is 0 Å². The van der Waals surface area contributed by atoms with Crippen LogP contribution in [0.1, 0.15) is 11.3 Å². The minimum atomic E-state index is -4.83. The summed E-state index contributed by atoms with van der Waals surface area (Å²) in [7, 11) is 0.973. The Hall–Kier alpha value is -1.59. The molecule has 0 saturated heterocycles. The summed E-state index contributed by atoms with van der Waals surface area (Å²) >= 11 is 4.84. The second-order valence-electron chi connectivity index (χ2n) is 4.82. The number of aromatic nitrogens is 2. The molecule has 0 saturated carbocycles. The molecule has 2 aromatic rings. The van der Waals surface area contributed by atoms with Gasteiger partial charge >= 0.3 is 6.18 Å². The van der Waals surface area contributed by atoms with Gasteiger partial charge in [0.15, 0.2) is 4.77 Å². The number of alkyl halides is 3. The van der Waals surface area contributed by atoms with E-state index < -0.39 is 44.2 Å². The van der Waals surface area contributed by atoms with Gasteiger partial charge in [-0.2, -0.15) is 25.3 Å². The molecule has 0 spiro atoms. The molecule has 131 valence electrons. The Kier molecular flexibility index (Phi) is 6.30. The maximum atomic E-state index is 12.9. The molecule has 1 N–H and O–H groups in total. The van der Waals surface area contributed by atoms with Crippen LogP contribution in [0, 0.1) is 27.9 Å². The molecule has 0 amide bonds. The van der Waals surface area contributed by atoms with E-state index in [0.717, 1.165) is 13.1 Å². The average molecular weight is 449 g/mol. The zero-order chi connectivity index (χ0) is 18.4. The molecule has 25 heavy (non-hydrogen) atoms. The fourth-order valence-corrected chi connectivity index (χ4v) is 2.34. The third kappa shape index (κ3) is 3.83. The maximum absolute atomic E-state index is 12.9. The number of nitro groups is 1. The van der Waals surface area contributed by atoms with E-state index in [-0.39, 0.29) is 44.3 Å². The van der Waals surface area contributed by atoms with Gasteiger partial charge in [-0.3, -0.25) is 19.5 Å². The van der Waals surface area contributed by atoms with Crippen LogP contribution in [0.5, 0.6) is 5.75 Å². The monoisotopic (exact) mass is 449 g/mol. The fraction of sp³-hybridized carbons (Fsp3) is 0.231. The van der Waals surface area contributed by atoms with E-state index in [1.165, 1.54) is 6.92 Å². The van der Waals surface area contributed by atoms with E-state index in [0.29, 0.717) is 9.13 Å². The van der Waals surface area contributed by atoms with Crippen LogP contribution >= 0.6 is 12.2 Å². The van der Waals surface area contributed by atoms with E-state index in [1.54, 1.807) is 0 Å². The van der Waals surface area contributed by atoms with Crippen LogP contribution in [0.15, 0.2) is 16.9 Å². The Morgan fingerprint density at radius 2 is 1.96 bits per heavy atom. The SMILES string of the molecule is Cc1c[c-]c(-n2c(=O)cc(C(F)(F)F)n(C)c2=S)c([N+](=O)[O-])c1O.[Y]. The zero-order valence-electron chi connectivity index (χ0n) is 12.8. The van der Waals surface area contributed by atoms with E-state index in [1.807, 2.05) is 0 Å². The number of nitro benzene ring substituents is 1. The predicted octanol–water partition coefficient (Wildman–Crippen LogP) is 2.64. The van der Waals surface area contributed by atoms with Crippen molar-refractivity contribution in [3.8, 4) is 11.4 Å². The molecule has 0 aliphatic heterocycles. The van der Waals surface area contributed by atoms with Gasteiger partial charge in [0.2, 0.25) is 5.69 Å². The first-order valence-corrected chi connectivity index (χ1v) is 6.67. The molecule has 0 atom stereocenters. The van der Waals surface area contributed by atoms with Crippen molar-refractivity contribution in [2.24, 2.45) is 7.05 Å². The maximum Gasteiger partial charge on any atom is 0.431 e. The van der Waals surface area contributed by atoms with Gasteiger partial charge in [0.1, 0.15) is 5.69 Å². The van der Waals surface area contributed by atoms with E-state index in [9.17, 15) is 33.2 Å². The number of phenolic OH excluding ortho intramolecular Hbond substituents is 1. The Labute approximate surface area is 168 Å². The van der Waals surface area contributed by atoms with E-state index >= 15 is 0 Å². The summed E-state index contributed by atoms with van der Waals surface area (Å²) in [5.74, 6) is -0.724. The second kappa shape index (κ2) is 7.34. The molecule has 0 aliphatic rings. The number of nitrogens with zero attached hydrogens (tertiary/aromatic N) is 3. The van der Waals surface area contributed by atoms with Crippen molar-refractivity contribution < 1.29 is 55.9 Å². The van der Waals surface area contributed by atoms with Crippen LogP contribution in [-0.4, -0.2) is 19.2 Å². The molecule has 7 nitrogen and oxygen atoms in total. The Morgan fingerprint density at radius 3 is 2.44 bits per heavy atom. The summed E-state index contributed by atoms with van der Waals surface area (Å²) in [4.78, 5) is 22.3. The van der Waals surface area contributed by atoms with Gasteiger partial charge in [-0.1, -0.05) is 6.92 Å². The molecular formula is C13H9F3N3O4SY-. The molecule has 1 aromatic carbocycles. The Balaban J connectivity index is 0.00000312. The minimum Gasteiger partial charge on any atom is -0.526 e. The molecule has 0 bridgehead atoms. The van der Waals surface area contributed by atoms with Crippen molar-refractivity contribution in [1.29, 1.82) is 0 Å². The van der Waals surface area contributed by atoms with Crippen LogP contribution in [0.3, 0.4) is 0 Å². The number of aromatic hydroxyl groups is 1. The van der Waals surface area contributed by atoms with Crippen LogP contribution in [0.4, 0.5) is 18.9 Å². The van der Waals surface area contributed by atoms with Crippen molar-refractivity contribution in [3.05, 3.63) is 54.7 Å². The second-order valence-corrected chi connectivity index (χ2v) is 5.18. The van der Waals surface area contributed by atoms with Gasteiger partial charge in [-0.25, -0.2) is 0 Å². The third-order valence-corrected chi connectivity index (χ3v) is 3.72. The normalized spacial score (nSPS) is 11.1. The van der Waals surface area contributed by atoms with Crippen LogP contribution in [0.25, 0.3) is 5.69 Å². The van der Waals surface area contributed by atoms with Crippen LogP contribution < -0.4 is 5.56 Å². The topological polar surface area (TPSA) is 90.3 Å². The first kappa shape index (κ1) is 21.5. The smallest absolute Gasteiger partial charge is 0.431 e. The van der Waals surface area contributed by atoms with Crippen LogP contribution in [0.2, 0.25) is 0 Å². The summed E-state index contributed by atoms with van der Waals surface area (Å²) in [6.07, 6.45) is -4.83. The first-order valence-electron chi connectivity index (χ1n) is 6.26. The Bertz CT molecular complexity index is 969. The van der Waals surface area contributed by atoms with Crippen molar-refractivity contribution in [2.45, 2.75) is 13.1 Å². The molecule has 2 rings (SSSR count). The first-order chi connectivity index (χ1) is 11.0. The number of benzene rings is 1. The van der Waals surface area contributed by atoms with Crippen molar-refractivity contribution in [1.82, 2.24) is 9.13 Å². The zero-order valence-corrected chi connectivity index (χ0v) is 16.4. The average Bonchev–Trinajstić information content (AvgIpc) is 2.45. The summed E-state index contributed by atoms with van der Waals surface area (Å²) < 4.78 is 39.1. The predicted molar refractivity (Wildman–Crippen MR) is 78.7 cm³/mol. The van der Waals surface area contributed by atoms with Gasteiger partial charge in [-0.15, -0.1) is 5.56 Å². The molecule has 0 fully saturated rings. The van der Waals surface area contributed by atoms with Gasteiger partial charge in [0.05, 0.1) is 5.75 Å². The molecule has 0 aliphatic carbocycles. The standard InChI is InChI=1S/C13H9F3N3O4S.Y/c1-6-3-4-7(10(11(6)21)19(22)23)18-9(20)5-8(13(14,15)16)17(2)12(18)24;/h3,5,21H,1-2H3;/q-1;. The molecular weight excluding hydrogens is 440 g/mol. The summed E-state index contributed by atoms with van der Waals surface area (Å²) in [5.41, 5.74) is -3.83. The van der Waals surface area contributed by atoms with E-state index in [2.05, 4.69) is 6.07 Å². The third-order valence-electron chi connectivity index (χ3n) is 3.26. The van der Waals surface area contributed by atoms with Gasteiger partial charge < -0.3 is 9.67 Å². The Morgan fingerprint density at radius 1 is 1.40 bits per heavy atom. The number of hydrogen-bond donors (Lipinski definition) is 1. The molecule has 12 heteroatoms. The number of aryl methyl sites for hydroxylation is 1.